The molecule has 1 N–H and O–H groups in total. The van der Waals surface area contributed by atoms with Crippen molar-refractivity contribution in [3.63, 3.8) is 0 Å². The van der Waals surface area contributed by atoms with Crippen LogP contribution in [0.25, 0.3) is 0 Å². The third-order valence-electron chi connectivity index (χ3n) is 4.14. The fraction of sp³-hybridized carbons (Fsp3) is 0.300. The van der Waals surface area contributed by atoms with Crippen molar-refractivity contribution in [1.29, 1.82) is 0 Å². The van der Waals surface area contributed by atoms with E-state index >= 15 is 0 Å². The smallest absolute Gasteiger partial charge is 0.226 e. The molecule has 0 aliphatic heterocycles. The minimum Gasteiger partial charge on any atom is -0.342 e. The van der Waals surface area contributed by atoms with Crippen molar-refractivity contribution in [2.24, 2.45) is 0 Å². The molecule has 0 unspecified atom stereocenters. The highest BCUT2D eigenvalue weighted by Gasteiger charge is 2.13. The number of halogens is 2. The van der Waals surface area contributed by atoms with Gasteiger partial charge in [-0.25, -0.2) is 4.39 Å². The van der Waals surface area contributed by atoms with Crippen molar-refractivity contribution in [2.75, 3.05) is 18.4 Å². The third-order valence-corrected chi connectivity index (χ3v) is 4.37. The van der Waals surface area contributed by atoms with E-state index in [4.69, 9.17) is 11.6 Å². The molecule has 2 aromatic rings. The van der Waals surface area contributed by atoms with Gasteiger partial charge in [-0.1, -0.05) is 35.9 Å². The molecule has 0 aromatic heterocycles. The molecule has 2 rings (SSSR count). The Kier molecular flexibility index (Phi) is 7.16. The summed E-state index contributed by atoms with van der Waals surface area (Å²) in [5.74, 6) is -0.634. The van der Waals surface area contributed by atoms with E-state index in [0.29, 0.717) is 29.2 Å². The number of anilines is 1. The van der Waals surface area contributed by atoms with Gasteiger partial charge >= 0.3 is 0 Å². The van der Waals surface area contributed by atoms with Crippen LogP contribution in [0.2, 0.25) is 5.02 Å². The van der Waals surface area contributed by atoms with Crippen LogP contribution in [0.15, 0.2) is 42.5 Å². The lowest BCUT2D eigenvalue weighted by Gasteiger charge is -2.21. The van der Waals surface area contributed by atoms with E-state index in [2.05, 4.69) is 5.32 Å². The van der Waals surface area contributed by atoms with E-state index in [0.717, 1.165) is 5.56 Å². The van der Waals surface area contributed by atoms with Crippen molar-refractivity contribution in [2.45, 2.75) is 26.7 Å². The van der Waals surface area contributed by atoms with E-state index in [1.165, 1.54) is 13.0 Å². The van der Waals surface area contributed by atoms with Crippen molar-refractivity contribution < 1.29 is 14.0 Å². The molecule has 0 spiro atoms. The number of amides is 2. The molecular formula is C20H22ClFN2O2. The minimum atomic E-state index is -0.287. The quantitative estimate of drug-likeness (QED) is 0.787. The average molecular weight is 377 g/mol. The highest BCUT2D eigenvalue weighted by molar-refractivity contribution is 6.31. The number of hydrogen-bond acceptors (Lipinski definition) is 2. The number of carbonyl (C=O) groups is 2. The van der Waals surface area contributed by atoms with Crippen molar-refractivity contribution >= 4 is 29.1 Å². The molecule has 0 radical (unpaired) electrons. The summed E-state index contributed by atoms with van der Waals surface area (Å²) in [4.78, 5) is 25.5. The van der Waals surface area contributed by atoms with Crippen LogP contribution in [0.5, 0.6) is 0 Å². The molecule has 138 valence electrons. The normalized spacial score (nSPS) is 10.5. The predicted octanol–water partition coefficient (Wildman–Crippen LogP) is 4.21. The lowest BCUT2D eigenvalue weighted by atomic mass is 10.1. The summed E-state index contributed by atoms with van der Waals surface area (Å²) in [5, 5.41) is 3.35. The van der Waals surface area contributed by atoms with Gasteiger partial charge in [-0.3, -0.25) is 9.59 Å². The van der Waals surface area contributed by atoms with Crippen LogP contribution in [0.4, 0.5) is 10.1 Å². The zero-order valence-corrected chi connectivity index (χ0v) is 15.6. The van der Waals surface area contributed by atoms with Crippen LogP contribution in [-0.4, -0.2) is 29.8 Å². The summed E-state index contributed by atoms with van der Waals surface area (Å²) in [6.07, 6.45) is 0.560. The van der Waals surface area contributed by atoms with E-state index in [9.17, 15) is 14.0 Å². The minimum absolute atomic E-state index is 0.145. The van der Waals surface area contributed by atoms with Crippen LogP contribution in [0, 0.1) is 12.7 Å². The summed E-state index contributed by atoms with van der Waals surface area (Å²) < 4.78 is 13.7. The van der Waals surface area contributed by atoms with Gasteiger partial charge < -0.3 is 10.2 Å². The summed E-state index contributed by atoms with van der Waals surface area (Å²) >= 11 is 5.95. The zero-order valence-electron chi connectivity index (χ0n) is 14.9. The lowest BCUT2D eigenvalue weighted by Crippen LogP contribution is -2.34. The van der Waals surface area contributed by atoms with Gasteiger partial charge in [-0.2, -0.15) is 0 Å². The van der Waals surface area contributed by atoms with Crippen LogP contribution >= 0.6 is 11.6 Å². The maximum Gasteiger partial charge on any atom is 0.226 e. The van der Waals surface area contributed by atoms with Crippen LogP contribution in [0.3, 0.4) is 0 Å². The van der Waals surface area contributed by atoms with Gasteiger partial charge in [-0.15, -0.1) is 0 Å². The van der Waals surface area contributed by atoms with Crippen molar-refractivity contribution in [1.82, 2.24) is 4.90 Å². The second-order valence-electron chi connectivity index (χ2n) is 6.10. The number of rotatable bonds is 7. The largest absolute Gasteiger partial charge is 0.342 e. The Morgan fingerprint density at radius 1 is 1.15 bits per heavy atom. The van der Waals surface area contributed by atoms with E-state index in [-0.39, 0.29) is 30.6 Å². The van der Waals surface area contributed by atoms with Crippen molar-refractivity contribution in [3.05, 3.63) is 64.4 Å². The molecule has 0 aliphatic rings. The maximum atomic E-state index is 13.7. The molecule has 2 amide bonds. The molecular weight excluding hydrogens is 355 g/mol. The fourth-order valence-electron chi connectivity index (χ4n) is 2.56. The summed E-state index contributed by atoms with van der Waals surface area (Å²) in [6, 6.07) is 11.8. The molecule has 0 heterocycles. The van der Waals surface area contributed by atoms with Gasteiger partial charge in [0.25, 0.3) is 0 Å². The number of benzene rings is 2. The number of nitrogens with one attached hydrogen (secondary N) is 1. The third kappa shape index (κ3) is 5.85. The Morgan fingerprint density at radius 3 is 2.58 bits per heavy atom. The van der Waals surface area contributed by atoms with Gasteiger partial charge in [0.1, 0.15) is 5.82 Å². The Morgan fingerprint density at radius 2 is 1.88 bits per heavy atom. The van der Waals surface area contributed by atoms with Crippen LogP contribution in [-0.2, 0) is 16.0 Å². The molecule has 0 saturated heterocycles. The molecule has 0 saturated carbocycles. The Labute approximate surface area is 158 Å². The summed E-state index contributed by atoms with van der Waals surface area (Å²) in [5.41, 5.74) is 2.12. The second-order valence-corrected chi connectivity index (χ2v) is 6.54. The lowest BCUT2D eigenvalue weighted by molar-refractivity contribution is -0.129. The molecule has 0 aliphatic carbocycles. The molecule has 2 aromatic carbocycles. The first kappa shape index (κ1) is 19.9. The first-order valence-corrected chi connectivity index (χ1v) is 8.79. The Hall–Kier alpha value is -2.40. The first-order chi connectivity index (χ1) is 12.4. The van der Waals surface area contributed by atoms with Crippen LogP contribution in [0.1, 0.15) is 24.5 Å². The molecule has 6 heteroatoms. The second kappa shape index (κ2) is 9.34. The average Bonchev–Trinajstić information content (AvgIpc) is 2.59. The van der Waals surface area contributed by atoms with Crippen molar-refractivity contribution in [3.8, 4) is 0 Å². The number of hydrogen-bond donors (Lipinski definition) is 1. The van der Waals surface area contributed by atoms with Gasteiger partial charge in [0.2, 0.25) is 11.8 Å². The number of nitrogens with zero attached hydrogens (tertiary/aromatic N) is 1. The standard InChI is InChI=1S/C20H22ClFN2O2/c1-14-7-8-17(21)13-19(14)23-20(26)10-12-24(15(2)25)11-9-16-5-3-4-6-18(16)22/h3-8,13H,9-12H2,1-2H3,(H,23,26). The molecule has 0 atom stereocenters. The number of carbonyl (C=O) groups excluding carboxylic acids is 2. The molecule has 26 heavy (non-hydrogen) atoms. The van der Waals surface area contributed by atoms with Gasteiger partial charge in [0.15, 0.2) is 0 Å². The molecule has 0 fully saturated rings. The van der Waals surface area contributed by atoms with E-state index in [1.807, 2.05) is 13.0 Å². The van der Waals surface area contributed by atoms with Crippen LogP contribution < -0.4 is 5.32 Å². The Balaban J connectivity index is 1.89. The molecule has 0 bridgehead atoms. The SMILES string of the molecule is CC(=O)N(CCC(=O)Nc1cc(Cl)ccc1C)CCc1ccccc1F. The predicted molar refractivity (Wildman–Crippen MR) is 102 cm³/mol. The topological polar surface area (TPSA) is 49.4 Å². The van der Waals surface area contributed by atoms with E-state index < -0.39 is 0 Å². The first-order valence-electron chi connectivity index (χ1n) is 8.41. The van der Waals surface area contributed by atoms with Gasteiger partial charge in [0.05, 0.1) is 0 Å². The maximum absolute atomic E-state index is 13.7. The Bertz CT molecular complexity index is 795. The highest BCUT2D eigenvalue weighted by Crippen LogP contribution is 2.20. The summed E-state index contributed by atoms with van der Waals surface area (Å²) in [7, 11) is 0. The highest BCUT2D eigenvalue weighted by atomic mass is 35.5. The fourth-order valence-corrected chi connectivity index (χ4v) is 2.73. The zero-order chi connectivity index (χ0) is 19.1. The molecule has 4 nitrogen and oxygen atoms in total. The van der Waals surface area contributed by atoms with Gasteiger partial charge in [-0.05, 0) is 42.7 Å². The van der Waals surface area contributed by atoms with Gasteiger partial charge in [0, 0.05) is 37.1 Å². The summed E-state index contributed by atoms with van der Waals surface area (Å²) in [6.45, 7) is 3.96. The monoisotopic (exact) mass is 376 g/mol. The van der Waals surface area contributed by atoms with E-state index in [1.54, 1.807) is 35.2 Å². The number of aryl methyl sites for hydroxylation is 1.